The Morgan fingerprint density at radius 2 is 1.79 bits per heavy atom. The minimum absolute atomic E-state index is 0.105. The van der Waals surface area contributed by atoms with Crippen LogP contribution in [0.2, 0.25) is 0 Å². The molecule has 0 N–H and O–H groups in total. The van der Waals surface area contributed by atoms with Gasteiger partial charge >= 0.3 is 0 Å². The van der Waals surface area contributed by atoms with Crippen LogP contribution in [0.1, 0.15) is 35.7 Å². The van der Waals surface area contributed by atoms with E-state index in [2.05, 4.69) is 46.2 Å². The van der Waals surface area contributed by atoms with Crippen LogP contribution in [0.15, 0.2) is 35.1 Å². The predicted molar refractivity (Wildman–Crippen MR) is 97.5 cm³/mol. The Hall–Kier alpha value is -2.05. The Morgan fingerprint density at radius 3 is 2.46 bits per heavy atom. The Balaban J connectivity index is 1.74. The minimum Gasteiger partial charge on any atom is -0.296 e. The molecule has 1 aromatic carbocycles. The third-order valence-corrected chi connectivity index (χ3v) is 5.01. The zero-order valence-corrected chi connectivity index (χ0v) is 15.1. The lowest BCUT2D eigenvalue weighted by Crippen LogP contribution is -2.21. The summed E-state index contributed by atoms with van der Waals surface area (Å²) >= 11 is 1.48. The SMILES string of the molecule is CCc1ccc(CN(C)Cc2cc(=O)n3nc(CC)sc3n2)cc1. The first-order valence-electron chi connectivity index (χ1n) is 8.24. The second-order valence-electron chi connectivity index (χ2n) is 5.97. The summed E-state index contributed by atoms with van der Waals surface area (Å²) in [7, 11) is 2.04. The smallest absolute Gasteiger partial charge is 0.275 e. The fraction of sp³-hybridized carbons (Fsp3) is 0.389. The van der Waals surface area contributed by atoms with Crippen LogP contribution >= 0.6 is 11.3 Å². The number of nitrogens with zero attached hydrogens (tertiary/aromatic N) is 4. The number of fused-ring (bicyclic) bond motifs is 1. The van der Waals surface area contributed by atoms with Crippen molar-refractivity contribution in [2.24, 2.45) is 0 Å². The third kappa shape index (κ3) is 3.71. The molecule has 6 heteroatoms. The van der Waals surface area contributed by atoms with E-state index in [1.165, 1.54) is 27.0 Å². The molecule has 0 unspecified atom stereocenters. The number of hydrogen-bond donors (Lipinski definition) is 0. The second-order valence-corrected chi connectivity index (χ2v) is 7.01. The van der Waals surface area contributed by atoms with Gasteiger partial charge in [-0.3, -0.25) is 9.69 Å². The molecule has 0 saturated heterocycles. The average Bonchev–Trinajstić information content (AvgIpc) is 2.99. The van der Waals surface area contributed by atoms with Gasteiger partial charge in [0, 0.05) is 19.2 Å². The maximum Gasteiger partial charge on any atom is 0.275 e. The quantitative estimate of drug-likeness (QED) is 0.691. The first kappa shape index (κ1) is 16.8. The summed E-state index contributed by atoms with van der Waals surface area (Å²) in [6.07, 6.45) is 1.87. The second kappa shape index (κ2) is 7.23. The Bertz CT molecular complexity index is 882. The van der Waals surface area contributed by atoms with E-state index in [-0.39, 0.29) is 5.56 Å². The normalized spacial score (nSPS) is 11.5. The van der Waals surface area contributed by atoms with Crippen LogP contribution in [0.25, 0.3) is 4.96 Å². The van der Waals surface area contributed by atoms with E-state index in [4.69, 9.17) is 0 Å². The van der Waals surface area contributed by atoms with E-state index < -0.39 is 0 Å². The lowest BCUT2D eigenvalue weighted by Gasteiger charge is -2.16. The molecule has 3 rings (SSSR count). The van der Waals surface area contributed by atoms with E-state index in [1.807, 2.05) is 14.0 Å². The Morgan fingerprint density at radius 1 is 1.08 bits per heavy atom. The van der Waals surface area contributed by atoms with E-state index in [1.54, 1.807) is 6.07 Å². The molecule has 0 saturated carbocycles. The van der Waals surface area contributed by atoms with Gasteiger partial charge in [-0.15, -0.1) is 0 Å². The van der Waals surface area contributed by atoms with Crippen LogP contribution in [-0.2, 0) is 25.9 Å². The van der Waals surface area contributed by atoms with E-state index in [9.17, 15) is 4.79 Å². The summed E-state index contributed by atoms with van der Waals surface area (Å²) in [4.78, 5) is 19.6. The molecule has 0 bridgehead atoms. The zero-order chi connectivity index (χ0) is 17.1. The summed E-state index contributed by atoms with van der Waals surface area (Å²) < 4.78 is 1.40. The number of rotatable bonds is 6. The van der Waals surface area contributed by atoms with E-state index in [0.29, 0.717) is 11.5 Å². The molecule has 0 spiro atoms. The number of aryl methyl sites for hydroxylation is 2. The van der Waals surface area contributed by atoms with Crippen molar-refractivity contribution in [1.82, 2.24) is 19.5 Å². The summed E-state index contributed by atoms with van der Waals surface area (Å²) in [5.41, 5.74) is 3.29. The summed E-state index contributed by atoms with van der Waals surface area (Å²) in [6, 6.07) is 10.3. The summed E-state index contributed by atoms with van der Waals surface area (Å²) in [6.45, 7) is 5.65. The first-order chi connectivity index (χ1) is 11.6. The van der Waals surface area contributed by atoms with Gasteiger partial charge in [0.1, 0.15) is 5.01 Å². The molecular weight excluding hydrogens is 320 g/mol. The molecule has 2 heterocycles. The van der Waals surface area contributed by atoms with Crippen molar-refractivity contribution >= 4 is 16.3 Å². The van der Waals surface area contributed by atoms with Crippen molar-refractivity contribution in [3.05, 3.63) is 62.5 Å². The van der Waals surface area contributed by atoms with Gasteiger partial charge in [-0.25, -0.2) is 4.98 Å². The summed E-state index contributed by atoms with van der Waals surface area (Å²) in [5.74, 6) is 0. The van der Waals surface area contributed by atoms with Crippen LogP contribution in [0, 0.1) is 0 Å². The summed E-state index contributed by atoms with van der Waals surface area (Å²) in [5, 5.41) is 5.21. The molecule has 0 aliphatic carbocycles. The van der Waals surface area contributed by atoms with Gasteiger partial charge in [0.15, 0.2) is 0 Å². The molecule has 3 aromatic rings. The Kier molecular flexibility index (Phi) is 5.06. The standard InChI is InChI=1S/C18H22N4OS/c1-4-13-6-8-14(9-7-13)11-21(3)12-15-10-17(23)22-18(19-15)24-16(5-2)20-22/h6-10H,4-5,11-12H2,1-3H3. The molecule has 126 valence electrons. The van der Waals surface area contributed by atoms with Gasteiger partial charge in [-0.05, 0) is 31.0 Å². The number of hydrogen-bond acceptors (Lipinski definition) is 5. The molecule has 0 amide bonds. The molecule has 0 aliphatic heterocycles. The maximum atomic E-state index is 12.2. The highest BCUT2D eigenvalue weighted by Gasteiger charge is 2.10. The minimum atomic E-state index is -0.105. The lowest BCUT2D eigenvalue weighted by molar-refractivity contribution is 0.315. The van der Waals surface area contributed by atoms with Gasteiger partial charge in [0.05, 0.1) is 5.69 Å². The molecule has 24 heavy (non-hydrogen) atoms. The molecule has 0 aliphatic rings. The largest absolute Gasteiger partial charge is 0.296 e. The highest BCUT2D eigenvalue weighted by atomic mass is 32.1. The molecule has 5 nitrogen and oxygen atoms in total. The Labute approximate surface area is 145 Å². The van der Waals surface area contributed by atoms with Crippen molar-refractivity contribution in [3.8, 4) is 0 Å². The fourth-order valence-corrected chi connectivity index (χ4v) is 3.50. The fourth-order valence-electron chi connectivity index (χ4n) is 2.64. The van der Waals surface area contributed by atoms with Crippen molar-refractivity contribution in [3.63, 3.8) is 0 Å². The number of aromatic nitrogens is 3. The highest BCUT2D eigenvalue weighted by molar-refractivity contribution is 7.16. The van der Waals surface area contributed by atoms with Gasteiger partial charge in [0.2, 0.25) is 4.96 Å². The first-order valence-corrected chi connectivity index (χ1v) is 9.05. The monoisotopic (exact) mass is 342 g/mol. The van der Waals surface area contributed by atoms with E-state index in [0.717, 1.165) is 30.1 Å². The maximum absolute atomic E-state index is 12.2. The third-order valence-electron chi connectivity index (χ3n) is 3.96. The van der Waals surface area contributed by atoms with Gasteiger partial charge < -0.3 is 0 Å². The lowest BCUT2D eigenvalue weighted by atomic mass is 10.1. The zero-order valence-electron chi connectivity index (χ0n) is 14.3. The van der Waals surface area contributed by atoms with Crippen LogP contribution in [0.3, 0.4) is 0 Å². The molecule has 0 radical (unpaired) electrons. The predicted octanol–water partition coefficient (Wildman–Crippen LogP) is 2.91. The highest BCUT2D eigenvalue weighted by Crippen LogP contribution is 2.13. The van der Waals surface area contributed by atoms with Gasteiger partial charge in [-0.2, -0.15) is 9.61 Å². The molecule has 0 atom stereocenters. The van der Waals surface area contributed by atoms with E-state index >= 15 is 0 Å². The van der Waals surface area contributed by atoms with Crippen LogP contribution in [-0.4, -0.2) is 26.5 Å². The number of benzene rings is 1. The van der Waals surface area contributed by atoms with Crippen LogP contribution in [0.4, 0.5) is 0 Å². The average molecular weight is 342 g/mol. The van der Waals surface area contributed by atoms with Crippen molar-refractivity contribution in [2.75, 3.05) is 7.05 Å². The topological polar surface area (TPSA) is 50.5 Å². The van der Waals surface area contributed by atoms with Gasteiger partial charge in [-0.1, -0.05) is 49.4 Å². The molecular formula is C18H22N4OS. The van der Waals surface area contributed by atoms with Gasteiger partial charge in [0.25, 0.3) is 5.56 Å². The van der Waals surface area contributed by atoms with Crippen molar-refractivity contribution < 1.29 is 0 Å². The molecule has 0 fully saturated rings. The van der Waals surface area contributed by atoms with Crippen molar-refractivity contribution in [1.29, 1.82) is 0 Å². The van der Waals surface area contributed by atoms with Crippen LogP contribution in [0.5, 0.6) is 0 Å². The van der Waals surface area contributed by atoms with Crippen LogP contribution < -0.4 is 5.56 Å². The van der Waals surface area contributed by atoms with Crippen molar-refractivity contribution in [2.45, 2.75) is 39.8 Å². The molecule has 2 aromatic heterocycles.